The number of carboxylic acid groups (broad SMARTS) is 1. The monoisotopic (exact) mass is 324 g/mol. The van der Waals surface area contributed by atoms with E-state index in [2.05, 4.69) is 67.3 Å². The Hall–Kier alpha value is -1.48. The van der Waals surface area contributed by atoms with Crippen molar-refractivity contribution in [1.82, 2.24) is 0 Å². The molecule has 0 unspecified atom stereocenters. The molecular weight excluding hydrogens is 292 g/mol. The van der Waals surface area contributed by atoms with Crippen molar-refractivity contribution in [3.63, 3.8) is 0 Å². The minimum Gasteiger partial charge on any atom is -0.550 e. The molecule has 0 aliphatic heterocycles. The third-order valence-electron chi connectivity index (χ3n) is 1.66. The SMILES string of the molecule is CC.CC.CC(=O)[O-].C[S+](C)C.c1ccc2ccccc2c1. The molecule has 2 aromatic carbocycles. The number of carboxylic acids is 1. The topological polar surface area (TPSA) is 40.1 Å². The molecule has 0 N–H and O–H groups in total. The predicted octanol–water partition coefficient (Wildman–Crippen LogP) is 4.14. The summed E-state index contributed by atoms with van der Waals surface area (Å²) < 4.78 is 0. The highest BCUT2D eigenvalue weighted by molar-refractivity contribution is 7.94. The quantitative estimate of drug-likeness (QED) is 0.683. The van der Waals surface area contributed by atoms with Gasteiger partial charge in [0.05, 0.1) is 18.8 Å². The van der Waals surface area contributed by atoms with E-state index in [4.69, 9.17) is 9.90 Å². The van der Waals surface area contributed by atoms with Gasteiger partial charge in [-0.3, -0.25) is 0 Å². The zero-order chi connectivity index (χ0) is 18.0. The lowest BCUT2D eigenvalue weighted by Gasteiger charge is -1.92. The molecule has 0 spiro atoms. The predicted molar refractivity (Wildman–Crippen MR) is 102 cm³/mol. The Morgan fingerprint density at radius 2 is 0.909 bits per heavy atom. The molecule has 0 aromatic heterocycles. The van der Waals surface area contributed by atoms with E-state index in [1.165, 1.54) is 10.8 Å². The van der Waals surface area contributed by atoms with Crippen LogP contribution in [0.15, 0.2) is 48.5 Å². The largest absolute Gasteiger partial charge is 0.550 e. The molecule has 0 saturated carbocycles. The van der Waals surface area contributed by atoms with E-state index in [0.29, 0.717) is 10.9 Å². The van der Waals surface area contributed by atoms with E-state index in [-0.39, 0.29) is 0 Å². The first kappa shape index (κ1) is 25.5. The van der Waals surface area contributed by atoms with Gasteiger partial charge >= 0.3 is 0 Å². The van der Waals surface area contributed by atoms with Crippen molar-refractivity contribution in [2.45, 2.75) is 34.6 Å². The third kappa shape index (κ3) is 20.8. The first-order valence-corrected chi connectivity index (χ1v) is 9.99. The Morgan fingerprint density at radius 1 is 0.773 bits per heavy atom. The summed E-state index contributed by atoms with van der Waals surface area (Å²) in [7, 11) is 0.639. The van der Waals surface area contributed by atoms with Crippen molar-refractivity contribution >= 4 is 27.6 Å². The smallest absolute Gasteiger partial charge is 0.0969 e. The van der Waals surface area contributed by atoms with Crippen molar-refractivity contribution in [2.24, 2.45) is 0 Å². The molecule has 0 amide bonds. The van der Waals surface area contributed by atoms with Crippen LogP contribution >= 0.6 is 0 Å². The number of benzene rings is 2. The normalized spacial score (nSPS) is 7.86. The molecule has 3 heteroatoms. The van der Waals surface area contributed by atoms with Gasteiger partial charge in [0.25, 0.3) is 0 Å². The minimum absolute atomic E-state index is 0.639. The summed E-state index contributed by atoms with van der Waals surface area (Å²) in [6, 6.07) is 16.7. The molecule has 0 aliphatic carbocycles. The van der Waals surface area contributed by atoms with Gasteiger partial charge in [-0.25, -0.2) is 0 Å². The second kappa shape index (κ2) is 19.5. The van der Waals surface area contributed by atoms with Gasteiger partial charge in [0.2, 0.25) is 0 Å². The lowest BCUT2D eigenvalue weighted by atomic mass is 10.1. The number of rotatable bonds is 0. The van der Waals surface area contributed by atoms with E-state index < -0.39 is 5.97 Å². The number of aliphatic carboxylic acids is 1. The van der Waals surface area contributed by atoms with Crippen molar-refractivity contribution in [3.05, 3.63) is 48.5 Å². The van der Waals surface area contributed by atoms with Crippen LogP contribution in [0.5, 0.6) is 0 Å². The molecule has 0 bridgehead atoms. The van der Waals surface area contributed by atoms with Crippen molar-refractivity contribution in [3.8, 4) is 0 Å². The van der Waals surface area contributed by atoms with E-state index in [9.17, 15) is 0 Å². The van der Waals surface area contributed by atoms with Gasteiger partial charge < -0.3 is 9.90 Å². The lowest BCUT2D eigenvalue weighted by Crippen LogP contribution is -2.16. The Kier molecular flexibility index (Phi) is 22.6. The minimum atomic E-state index is -1.08. The van der Waals surface area contributed by atoms with Crippen molar-refractivity contribution < 1.29 is 9.90 Å². The molecule has 0 radical (unpaired) electrons. The molecular formula is C19H32O2S. The van der Waals surface area contributed by atoms with Crippen LogP contribution in [0.2, 0.25) is 0 Å². The van der Waals surface area contributed by atoms with Crippen LogP contribution in [0.1, 0.15) is 34.6 Å². The highest BCUT2D eigenvalue weighted by atomic mass is 32.2. The lowest BCUT2D eigenvalue weighted by molar-refractivity contribution is -0.302. The molecule has 22 heavy (non-hydrogen) atoms. The van der Waals surface area contributed by atoms with Crippen LogP contribution in [0.3, 0.4) is 0 Å². The fourth-order valence-corrected chi connectivity index (χ4v) is 1.13. The summed E-state index contributed by atoms with van der Waals surface area (Å²) in [5.41, 5.74) is 0. The summed E-state index contributed by atoms with van der Waals surface area (Å²) >= 11 is 0. The van der Waals surface area contributed by atoms with Crippen LogP contribution in [-0.2, 0) is 15.7 Å². The molecule has 0 atom stereocenters. The first-order chi connectivity index (χ1) is 10.4. The Morgan fingerprint density at radius 3 is 1.05 bits per heavy atom. The van der Waals surface area contributed by atoms with Crippen LogP contribution in [0.4, 0.5) is 0 Å². The molecule has 2 nitrogen and oxygen atoms in total. The van der Waals surface area contributed by atoms with Gasteiger partial charge in [-0.05, 0) is 28.6 Å². The molecule has 0 aliphatic rings. The van der Waals surface area contributed by atoms with Gasteiger partial charge in [-0.15, -0.1) is 0 Å². The molecule has 0 heterocycles. The van der Waals surface area contributed by atoms with Gasteiger partial charge in [-0.2, -0.15) is 0 Å². The molecule has 2 aromatic rings. The van der Waals surface area contributed by atoms with E-state index in [1.807, 2.05) is 27.7 Å². The summed E-state index contributed by atoms with van der Waals surface area (Å²) in [6.07, 6.45) is 6.58. The van der Waals surface area contributed by atoms with Crippen molar-refractivity contribution in [1.29, 1.82) is 0 Å². The van der Waals surface area contributed by atoms with Crippen molar-refractivity contribution in [2.75, 3.05) is 18.8 Å². The van der Waals surface area contributed by atoms with Gasteiger partial charge in [0, 0.05) is 5.97 Å². The summed E-state index contributed by atoms with van der Waals surface area (Å²) in [6.45, 7) is 8.97. The average molecular weight is 325 g/mol. The number of carbonyl (C=O) groups is 1. The number of carbonyl (C=O) groups excluding carboxylic acids is 1. The summed E-state index contributed by atoms with van der Waals surface area (Å²) in [4.78, 5) is 8.89. The standard InChI is InChI=1S/C10H8.C3H9S.C2H4O2.2C2H6/c1-2-6-10-8-4-3-7-9(10)5-1;1-4(2)3;1-2(3)4;2*1-2/h1-8H;1-3H3;1H3,(H,3,4);2*1-2H3/q;+1;;;/p-1. The maximum Gasteiger partial charge on any atom is 0.0969 e. The summed E-state index contributed by atoms with van der Waals surface area (Å²) in [5, 5.41) is 11.5. The fourth-order valence-electron chi connectivity index (χ4n) is 1.13. The second-order valence-corrected chi connectivity index (χ2v) is 6.51. The third-order valence-corrected chi connectivity index (χ3v) is 1.66. The van der Waals surface area contributed by atoms with Crippen LogP contribution in [0.25, 0.3) is 10.8 Å². The van der Waals surface area contributed by atoms with Crippen LogP contribution in [0, 0.1) is 0 Å². The maximum atomic E-state index is 8.89. The molecule has 126 valence electrons. The highest BCUT2D eigenvalue weighted by Crippen LogP contribution is 2.11. The van der Waals surface area contributed by atoms with Crippen LogP contribution in [-0.4, -0.2) is 24.7 Å². The zero-order valence-electron chi connectivity index (χ0n) is 15.3. The number of hydrogen-bond acceptors (Lipinski definition) is 2. The van der Waals surface area contributed by atoms with E-state index in [0.717, 1.165) is 6.92 Å². The summed E-state index contributed by atoms with van der Waals surface area (Å²) in [5.74, 6) is -1.08. The Balaban J connectivity index is -0.000000256. The zero-order valence-corrected chi connectivity index (χ0v) is 16.2. The maximum absolute atomic E-state index is 8.89. The molecule has 0 fully saturated rings. The Labute approximate surface area is 139 Å². The average Bonchev–Trinajstić information content (AvgIpc) is 2.50. The second-order valence-electron chi connectivity index (χ2n) is 4.06. The van der Waals surface area contributed by atoms with Gasteiger partial charge in [0.15, 0.2) is 0 Å². The number of hydrogen-bond donors (Lipinski definition) is 0. The highest BCUT2D eigenvalue weighted by Gasteiger charge is 1.85. The van der Waals surface area contributed by atoms with E-state index >= 15 is 0 Å². The first-order valence-electron chi connectivity index (χ1n) is 7.54. The van der Waals surface area contributed by atoms with E-state index in [1.54, 1.807) is 0 Å². The molecule has 2 rings (SSSR count). The van der Waals surface area contributed by atoms with Gasteiger partial charge in [0.1, 0.15) is 0 Å². The molecule has 0 saturated heterocycles. The Bertz CT molecular complexity index is 395. The fraction of sp³-hybridized carbons (Fsp3) is 0.421. The number of fused-ring (bicyclic) bond motifs is 1. The van der Waals surface area contributed by atoms with Crippen LogP contribution < -0.4 is 5.11 Å². The van der Waals surface area contributed by atoms with Gasteiger partial charge in [-0.1, -0.05) is 76.2 Å².